The minimum absolute atomic E-state index is 0.0983. The van der Waals surface area contributed by atoms with Crippen molar-refractivity contribution in [1.29, 1.82) is 0 Å². The van der Waals surface area contributed by atoms with Crippen molar-refractivity contribution in [3.63, 3.8) is 0 Å². The molecule has 0 radical (unpaired) electrons. The predicted octanol–water partition coefficient (Wildman–Crippen LogP) is 4.20. The highest BCUT2D eigenvalue weighted by Crippen LogP contribution is 2.38. The number of nitrogens with zero attached hydrogens (tertiary/aromatic N) is 1. The van der Waals surface area contributed by atoms with Crippen molar-refractivity contribution in [2.24, 2.45) is 0 Å². The molecule has 142 valence electrons. The van der Waals surface area contributed by atoms with E-state index in [2.05, 4.69) is 10.3 Å². The Labute approximate surface area is 167 Å². The number of carbonyl (C=O) groups is 1. The second kappa shape index (κ2) is 7.98. The first kappa shape index (κ1) is 18.4. The van der Waals surface area contributed by atoms with Gasteiger partial charge in [0.25, 0.3) is 0 Å². The van der Waals surface area contributed by atoms with Gasteiger partial charge in [-0.25, -0.2) is 4.39 Å². The second-order valence-corrected chi connectivity index (χ2v) is 7.10. The number of hydrogen-bond acceptors (Lipinski definition) is 3. The zero-order valence-corrected chi connectivity index (χ0v) is 15.7. The number of halogens is 2. The highest BCUT2D eigenvalue weighted by Gasteiger charge is 2.26. The monoisotopic (exact) mass is 396 g/mol. The van der Waals surface area contributed by atoms with E-state index < -0.39 is 5.82 Å². The summed E-state index contributed by atoms with van der Waals surface area (Å²) < 4.78 is 19.2. The molecule has 4 nitrogen and oxygen atoms in total. The molecule has 0 aliphatic carbocycles. The molecular formula is C22H18ClFN2O2. The summed E-state index contributed by atoms with van der Waals surface area (Å²) in [6.45, 7) is 0.391. The first-order valence-corrected chi connectivity index (χ1v) is 9.37. The van der Waals surface area contributed by atoms with E-state index in [1.54, 1.807) is 12.4 Å². The van der Waals surface area contributed by atoms with Gasteiger partial charge >= 0.3 is 0 Å². The molecule has 0 spiro atoms. The molecule has 4 rings (SSSR count). The highest BCUT2D eigenvalue weighted by atomic mass is 35.5. The topological polar surface area (TPSA) is 51.2 Å². The molecule has 3 aromatic rings. The van der Waals surface area contributed by atoms with Crippen molar-refractivity contribution in [2.45, 2.75) is 18.9 Å². The summed E-state index contributed by atoms with van der Waals surface area (Å²) >= 11 is 5.99. The third kappa shape index (κ3) is 3.99. The van der Waals surface area contributed by atoms with Crippen LogP contribution >= 0.6 is 11.6 Å². The van der Waals surface area contributed by atoms with Crippen LogP contribution in [-0.4, -0.2) is 23.5 Å². The maximum Gasteiger partial charge on any atom is 0.224 e. The largest absolute Gasteiger partial charge is 0.487 e. The van der Waals surface area contributed by atoms with E-state index >= 15 is 0 Å². The smallest absolute Gasteiger partial charge is 0.224 e. The summed E-state index contributed by atoms with van der Waals surface area (Å²) in [4.78, 5) is 16.3. The Morgan fingerprint density at radius 2 is 2.04 bits per heavy atom. The van der Waals surface area contributed by atoms with E-state index in [9.17, 15) is 9.18 Å². The van der Waals surface area contributed by atoms with Crippen LogP contribution in [0.25, 0.3) is 11.1 Å². The van der Waals surface area contributed by atoms with Gasteiger partial charge in [0.2, 0.25) is 5.91 Å². The lowest BCUT2D eigenvalue weighted by Gasteiger charge is -2.14. The van der Waals surface area contributed by atoms with Gasteiger partial charge in [0.1, 0.15) is 17.7 Å². The fourth-order valence-electron chi connectivity index (χ4n) is 3.34. The van der Waals surface area contributed by atoms with Crippen LogP contribution in [0.15, 0.2) is 60.9 Å². The zero-order valence-electron chi connectivity index (χ0n) is 15.0. The first-order valence-electron chi connectivity index (χ1n) is 9.00. The van der Waals surface area contributed by atoms with Gasteiger partial charge in [0.15, 0.2) is 0 Å². The maximum atomic E-state index is 13.1. The molecule has 0 saturated carbocycles. The lowest BCUT2D eigenvalue weighted by molar-refractivity contribution is -0.120. The number of fused-ring (bicyclic) bond motifs is 1. The summed E-state index contributed by atoms with van der Waals surface area (Å²) in [5, 5.41) is 3.13. The fourth-order valence-corrected chi connectivity index (χ4v) is 3.57. The molecule has 1 amide bonds. The Morgan fingerprint density at radius 3 is 2.82 bits per heavy atom. The number of hydrogen-bond donors (Lipinski definition) is 1. The molecule has 1 unspecified atom stereocenters. The number of rotatable bonds is 5. The summed E-state index contributed by atoms with van der Waals surface area (Å²) in [5.74, 6) is 0.258. The lowest BCUT2D eigenvalue weighted by Crippen LogP contribution is -2.35. The van der Waals surface area contributed by atoms with Gasteiger partial charge in [0.05, 0.1) is 13.0 Å². The molecule has 2 heterocycles. The van der Waals surface area contributed by atoms with Crippen LogP contribution in [0.1, 0.15) is 11.1 Å². The molecule has 1 aliphatic rings. The molecule has 28 heavy (non-hydrogen) atoms. The minimum atomic E-state index is -0.420. The number of para-hydroxylation sites is 1. The normalized spacial score (nSPS) is 15.0. The van der Waals surface area contributed by atoms with Crippen LogP contribution in [0.3, 0.4) is 0 Å². The quantitative estimate of drug-likeness (QED) is 0.703. The number of nitrogens with one attached hydrogen (secondary N) is 1. The fraction of sp³-hybridized carbons (Fsp3) is 0.182. The number of carbonyl (C=O) groups excluding carboxylic acids is 1. The Balaban J connectivity index is 1.38. The standard InChI is InChI=1S/C22H18ClFN2O2/c23-20-12-17(24)5-4-15(20)11-21(27)26-13-18-10-16-2-1-3-19(22(16)28-18)14-6-8-25-9-7-14/h1-9,12,18H,10-11,13H2,(H,26,27). The second-order valence-electron chi connectivity index (χ2n) is 6.69. The Morgan fingerprint density at radius 1 is 1.21 bits per heavy atom. The summed E-state index contributed by atoms with van der Waals surface area (Å²) in [5.41, 5.74) is 3.78. The van der Waals surface area contributed by atoms with E-state index in [4.69, 9.17) is 16.3 Å². The summed E-state index contributed by atoms with van der Waals surface area (Å²) in [6.07, 6.45) is 4.20. The van der Waals surface area contributed by atoms with Crippen LogP contribution in [-0.2, 0) is 17.6 Å². The molecule has 0 saturated heterocycles. The Kier molecular flexibility index (Phi) is 5.26. The average molecular weight is 397 g/mol. The van der Waals surface area contributed by atoms with Gasteiger partial charge in [-0.1, -0.05) is 35.9 Å². The Hall–Kier alpha value is -2.92. The van der Waals surface area contributed by atoms with Crippen molar-refractivity contribution in [3.05, 3.63) is 82.9 Å². The highest BCUT2D eigenvalue weighted by molar-refractivity contribution is 6.31. The molecule has 1 aliphatic heterocycles. The maximum absolute atomic E-state index is 13.1. The van der Waals surface area contributed by atoms with E-state index in [0.29, 0.717) is 12.1 Å². The number of ether oxygens (including phenoxy) is 1. The summed E-state index contributed by atoms with van der Waals surface area (Å²) in [6, 6.07) is 14.0. The van der Waals surface area contributed by atoms with Crippen LogP contribution in [0.5, 0.6) is 5.75 Å². The molecule has 1 N–H and O–H groups in total. The molecule has 2 aromatic carbocycles. The van der Waals surface area contributed by atoms with Crippen molar-refractivity contribution in [3.8, 4) is 16.9 Å². The minimum Gasteiger partial charge on any atom is -0.487 e. The SMILES string of the molecule is O=C(Cc1ccc(F)cc1Cl)NCC1Cc2cccc(-c3ccncc3)c2O1. The number of pyridine rings is 1. The third-order valence-corrected chi connectivity index (χ3v) is 5.06. The van der Waals surface area contributed by atoms with Crippen LogP contribution in [0, 0.1) is 5.82 Å². The van der Waals surface area contributed by atoms with E-state index in [-0.39, 0.29) is 23.5 Å². The van der Waals surface area contributed by atoms with E-state index in [0.717, 1.165) is 28.9 Å². The molecule has 0 bridgehead atoms. The van der Waals surface area contributed by atoms with Crippen LogP contribution in [0.4, 0.5) is 4.39 Å². The zero-order chi connectivity index (χ0) is 19.5. The van der Waals surface area contributed by atoms with Crippen molar-refractivity contribution in [2.75, 3.05) is 6.54 Å². The molecule has 1 atom stereocenters. The number of amides is 1. The van der Waals surface area contributed by atoms with Crippen LogP contribution in [0.2, 0.25) is 5.02 Å². The molecule has 0 fully saturated rings. The average Bonchev–Trinajstić information content (AvgIpc) is 3.12. The molecule has 6 heteroatoms. The number of benzene rings is 2. The van der Waals surface area contributed by atoms with E-state index in [1.165, 1.54) is 18.2 Å². The summed E-state index contributed by atoms with van der Waals surface area (Å²) in [7, 11) is 0. The lowest BCUT2D eigenvalue weighted by atomic mass is 10.0. The van der Waals surface area contributed by atoms with Crippen molar-refractivity contribution in [1.82, 2.24) is 10.3 Å². The molecule has 1 aromatic heterocycles. The predicted molar refractivity (Wildman–Crippen MR) is 106 cm³/mol. The van der Waals surface area contributed by atoms with Crippen LogP contribution < -0.4 is 10.1 Å². The van der Waals surface area contributed by atoms with Gasteiger partial charge in [0, 0.05) is 29.4 Å². The van der Waals surface area contributed by atoms with Gasteiger partial charge in [-0.3, -0.25) is 9.78 Å². The van der Waals surface area contributed by atoms with Gasteiger partial charge in [-0.2, -0.15) is 0 Å². The van der Waals surface area contributed by atoms with Gasteiger partial charge < -0.3 is 10.1 Å². The first-order chi connectivity index (χ1) is 13.6. The van der Waals surface area contributed by atoms with Crippen molar-refractivity contribution < 1.29 is 13.9 Å². The number of aromatic nitrogens is 1. The third-order valence-electron chi connectivity index (χ3n) is 4.71. The van der Waals surface area contributed by atoms with E-state index in [1.807, 2.05) is 30.3 Å². The Bertz CT molecular complexity index is 1010. The van der Waals surface area contributed by atoms with Gasteiger partial charge in [-0.05, 0) is 41.0 Å². The van der Waals surface area contributed by atoms with Gasteiger partial charge in [-0.15, -0.1) is 0 Å². The molecular weight excluding hydrogens is 379 g/mol. The van der Waals surface area contributed by atoms with Crippen molar-refractivity contribution >= 4 is 17.5 Å².